The quantitative estimate of drug-likeness (QED) is 0.739. The topological polar surface area (TPSA) is 76.4 Å². The highest BCUT2D eigenvalue weighted by Crippen LogP contribution is 2.16. The van der Waals surface area contributed by atoms with Gasteiger partial charge in [0.05, 0.1) is 7.11 Å². The molecule has 0 spiro atoms. The molecule has 5 nitrogen and oxygen atoms in total. The van der Waals surface area contributed by atoms with Crippen LogP contribution in [0.1, 0.15) is 26.7 Å². The third-order valence-electron chi connectivity index (χ3n) is 3.34. The van der Waals surface area contributed by atoms with Crippen LogP contribution in [0.5, 0.6) is 5.75 Å². The molecule has 2 amide bonds. The molecule has 0 saturated heterocycles. The van der Waals surface area contributed by atoms with E-state index in [9.17, 15) is 4.79 Å². The van der Waals surface area contributed by atoms with Gasteiger partial charge in [-0.3, -0.25) is 0 Å². The summed E-state index contributed by atoms with van der Waals surface area (Å²) in [7, 11) is 1.59. The van der Waals surface area contributed by atoms with Crippen LogP contribution in [-0.4, -0.2) is 25.2 Å². The molecule has 4 N–H and O–H groups in total. The van der Waals surface area contributed by atoms with Gasteiger partial charge in [0.2, 0.25) is 0 Å². The predicted octanol–water partition coefficient (Wildman–Crippen LogP) is 2.33. The van der Waals surface area contributed by atoms with Crippen LogP contribution in [0.15, 0.2) is 24.3 Å². The minimum Gasteiger partial charge on any atom is -0.497 e. The molecule has 0 heterocycles. The zero-order chi connectivity index (χ0) is 14.3. The number of nitrogens with one attached hydrogen (secondary N) is 2. The van der Waals surface area contributed by atoms with Gasteiger partial charge in [0.25, 0.3) is 0 Å². The maximum atomic E-state index is 11.8. The van der Waals surface area contributed by atoms with Gasteiger partial charge >= 0.3 is 6.03 Å². The van der Waals surface area contributed by atoms with Gasteiger partial charge in [0, 0.05) is 23.8 Å². The van der Waals surface area contributed by atoms with E-state index in [1.54, 1.807) is 19.2 Å². The number of urea groups is 1. The van der Waals surface area contributed by atoms with Crippen molar-refractivity contribution < 1.29 is 9.53 Å². The third-order valence-corrected chi connectivity index (χ3v) is 3.34. The Morgan fingerprint density at radius 1 is 1.37 bits per heavy atom. The molecule has 5 heteroatoms. The van der Waals surface area contributed by atoms with E-state index < -0.39 is 0 Å². The number of amides is 2. The van der Waals surface area contributed by atoms with Crippen LogP contribution >= 0.6 is 0 Å². The van der Waals surface area contributed by atoms with Gasteiger partial charge in [-0.05, 0) is 25.0 Å². The van der Waals surface area contributed by atoms with Crippen LogP contribution in [0.3, 0.4) is 0 Å². The summed E-state index contributed by atoms with van der Waals surface area (Å²) in [5.41, 5.74) is 6.47. The number of carbonyl (C=O) groups excluding carboxylic acids is 1. The second-order valence-electron chi connectivity index (χ2n) is 4.61. The van der Waals surface area contributed by atoms with E-state index in [0.29, 0.717) is 18.0 Å². The minimum absolute atomic E-state index is 0.259. The van der Waals surface area contributed by atoms with E-state index in [1.807, 2.05) is 26.0 Å². The maximum absolute atomic E-state index is 11.8. The Morgan fingerprint density at radius 3 is 2.63 bits per heavy atom. The van der Waals surface area contributed by atoms with Crippen molar-refractivity contribution in [2.24, 2.45) is 5.73 Å². The summed E-state index contributed by atoms with van der Waals surface area (Å²) in [6, 6.07) is 6.94. The van der Waals surface area contributed by atoms with Gasteiger partial charge in [-0.2, -0.15) is 0 Å². The lowest BCUT2D eigenvalue weighted by Gasteiger charge is -2.26. The van der Waals surface area contributed by atoms with Crippen molar-refractivity contribution in [1.29, 1.82) is 0 Å². The third kappa shape index (κ3) is 4.79. The molecule has 0 fully saturated rings. The first-order valence-corrected chi connectivity index (χ1v) is 6.50. The zero-order valence-electron chi connectivity index (χ0n) is 11.8. The average molecular weight is 265 g/mol. The number of hydrogen-bond donors (Lipinski definition) is 3. The Hall–Kier alpha value is -1.75. The largest absolute Gasteiger partial charge is 0.497 e. The monoisotopic (exact) mass is 265 g/mol. The summed E-state index contributed by atoms with van der Waals surface area (Å²) < 4.78 is 5.09. The molecule has 0 atom stereocenters. The molecule has 0 aliphatic rings. The lowest BCUT2D eigenvalue weighted by Crippen LogP contribution is -2.50. The lowest BCUT2D eigenvalue weighted by molar-refractivity contribution is 0.247. The first kappa shape index (κ1) is 15.3. The molecule has 0 aliphatic heterocycles. The number of hydrogen-bond acceptors (Lipinski definition) is 3. The summed E-state index contributed by atoms with van der Waals surface area (Å²) in [4.78, 5) is 11.8. The minimum atomic E-state index is -0.342. The van der Waals surface area contributed by atoms with Crippen molar-refractivity contribution in [3.05, 3.63) is 24.3 Å². The lowest BCUT2D eigenvalue weighted by atomic mass is 9.94. The summed E-state index contributed by atoms with van der Waals surface area (Å²) in [6.45, 7) is 4.49. The van der Waals surface area contributed by atoms with E-state index in [4.69, 9.17) is 10.5 Å². The van der Waals surface area contributed by atoms with Gasteiger partial charge < -0.3 is 21.1 Å². The first-order valence-electron chi connectivity index (χ1n) is 6.50. The molecule has 19 heavy (non-hydrogen) atoms. The molecule has 0 aromatic heterocycles. The van der Waals surface area contributed by atoms with Gasteiger partial charge in [-0.15, -0.1) is 0 Å². The molecule has 0 unspecified atom stereocenters. The predicted molar refractivity (Wildman–Crippen MR) is 77.5 cm³/mol. The fraction of sp³-hybridized carbons (Fsp3) is 0.500. The summed E-state index contributed by atoms with van der Waals surface area (Å²) in [5.74, 6) is 0.702. The summed E-state index contributed by atoms with van der Waals surface area (Å²) in [5, 5.41) is 5.55. The molecule has 1 rings (SSSR count). The van der Waals surface area contributed by atoms with E-state index in [1.165, 1.54) is 0 Å². The number of benzene rings is 1. The zero-order valence-corrected chi connectivity index (χ0v) is 11.8. The SMILES string of the molecule is CCC(N)(CC)CNC(=O)Nc1cccc(OC)c1. The Bertz CT molecular complexity index is 417. The highest BCUT2D eigenvalue weighted by atomic mass is 16.5. The van der Waals surface area contributed by atoms with E-state index in [0.717, 1.165) is 12.8 Å². The maximum Gasteiger partial charge on any atom is 0.319 e. The average Bonchev–Trinajstić information content (AvgIpc) is 2.45. The van der Waals surface area contributed by atoms with Crippen LogP contribution in [0.2, 0.25) is 0 Å². The van der Waals surface area contributed by atoms with Crippen LogP contribution in [0.4, 0.5) is 10.5 Å². The van der Waals surface area contributed by atoms with E-state index in [2.05, 4.69) is 10.6 Å². The van der Waals surface area contributed by atoms with E-state index >= 15 is 0 Å². The molecule has 0 radical (unpaired) electrons. The van der Waals surface area contributed by atoms with Crippen LogP contribution < -0.4 is 21.1 Å². The second-order valence-corrected chi connectivity index (χ2v) is 4.61. The van der Waals surface area contributed by atoms with Crippen LogP contribution in [-0.2, 0) is 0 Å². The van der Waals surface area contributed by atoms with Crippen molar-refractivity contribution in [3.8, 4) is 5.75 Å². The smallest absolute Gasteiger partial charge is 0.319 e. The van der Waals surface area contributed by atoms with Crippen LogP contribution in [0, 0.1) is 0 Å². The van der Waals surface area contributed by atoms with Crippen molar-refractivity contribution in [2.45, 2.75) is 32.2 Å². The highest BCUT2D eigenvalue weighted by Gasteiger charge is 2.20. The second kappa shape index (κ2) is 6.99. The molecule has 0 saturated carbocycles. The molecule has 106 valence electrons. The van der Waals surface area contributed by atoms with Crippen molar-refractivity contribution >= 4 is 11.7 Å². The Morgan fingerprint density at radius 2 is 2.05 bits per heavy atom. The molecule has 1 aromatic rings. The summed E-state index contributed by atoms with van der Waals surface area (Å²) >= 11 is 0. The standard InChI is InChI=1S/C14H23N3O2/c1-4-14(15,5-2)10-16-13(18)17-11-7-6-8-12(9-11)19-3/h6-9H,4-5,10,15H2,1-3H3,(H2,16,17,18). The van der Waals surface area contributed by atoms with Crippen molar-refractivity contribution in [2.75, 3.05) is 19.0 Å². The molecule has 1 aromatic carbocycles. The van der Waals surface area contributed by atoms with Gasteiger partial charge in [-0.25, -0.2) is 4.79 Å². The number of rotatable bonds is 6. The van der Waals surface area contributed by atoms with Gasteiger partial charge in [0.1, 0.15) is 5.75 Å². The Kier molecular flexibility index (Phi) is 5.63. The number of anilines is 1. The number of ether oxygens (including phenoxy) is 1. The van der Waals surface area contributed by atoms with Crippen LogP contribution in [0.25, 0.3) is 0 Å². The Labute approximate surface area is 114 Å². The Balaban J connectivity index is 2.51. The van der Waals surface area contributed by atoms with Crippen molar-refractivity contribution in [3.63, 3.8) is 0 Å². The fourth-order valence-electron chi connectivity index (χ4n) is 1.63. The molecular weight excluding hydrogens is 242 g/mol. The van der Waals surface area contributed by atoms with Crippen molar-refractivity contribution in [1.82, 2.24) is 5.32 Å². The fourth-order valence-corrected chi connectivity index (χ4v) is 1.63. The first-order chi connectivity index (χ1) is 9.03. The normalized spacial score (nSPS) is 10.9. The number of nitrogens with two attached hydrogens (primary N) is 1. The number of methoxy groups -OCH3 is 1. The van der Waals surface area contributed by atoms with E-state index in [-0.39, 0.29) is 11.6 Å². The van der Waals surface area contributed by atoms with Gasteiger partial charge in [-0.1, -0.05) is 19.9 Å². The number of carbonyl (C=O) groups is 1. The summed E-state index contributed by atoms with van der Waals surface area (Å²) in [6.07, 6.45) is 1.64. The molecular formula is C14H23N3O2. The highest BCUT2D eigenvalue weighted by molar-refractivity contribution is 5.89. The van der Waals surface area contributed by atoms with Gasteiger partial charge in [0.15, 0.2) is 0 Å². The molecule has 0 aliphatic carbocycles. The molecule has 0 bridgehead atoms.